The Morgan fingerprint density at radius 3 is 2.76 bits per heavy atom. The highest BCUT2D eigenvalue weighted by Crippen LogP contribution is 2.23. The van der Waals surface area contributed by atoms with Crippen molar-refractivity contribution in [1.82, 2.24) is 9.29 Å². The van der Waals surface area contributed by atoms with Crippen molar-refractivity contribution in [2.24, 2.45) is 0 Å². The number of anilines is 1. The van der Waals surface area contributed by atoms with Crippen LogP contribution in [0.1, 0.15) is 31.4 Å². The number of hydrogen-bond acceptors (Lipinski definition) is 4. The molecule has 0 saturated carbocycles. The summed E-state index contributed by atoms with van der Waals surface area (Å²) in [5, 5.41) is 0. The number of aryl methyl sites for hydroxylation is 1. The summed E-state index contributed by atoms with van der Waals surface area (Å²) in [4.78, 5) is 6.58. The van der Waals surface area contributed by atoms with Gasteiger partial charge >= 0.3 is 0 Å². The Hall–Kier alpha value is -1.14. The summed E-state index contributed by atoms with van der Waals surface area (Å²) in [6.45, 7) is 0.661. The van der Waals surface area contributed by atoms with Crippen LogP contribution in [0.25, 0.3) is 0 Å². The van der Waals surface area contributed by atoms with Crippen molar-refractivity contribution in [2.45, 2.75) is 38.1 Å². The van der Waals surface area contributed by atoms with Gasteiger partial charge in [-0.25, -0.2) is 13.4 Å². The van der Waals surface area contributed by atoms with Crippen LogP contribution in [0, 0.1) is 0 Å². The number of hydrogen-bond donors (Lipinski definition) is 0. The minimum absolute atomic E-state index is 0.124. The van der Waals surface area contributed by atoms with E-state index in [4.69, 9.17) is 0 Å². The van der Waals surface area contributed by atoms with Crippen LogP contribution in [0.2, 0.25) is 0 Å². The maximum absolute atomic E-state index is 11.9. The second-order valence-electron chi connectivity index (χ2n) is 5.94. The topological polar surface area (TPSA) is 53.5 Å². The molecule has 0 radical (unpaired) electrons. The van der Waals surface area contributed by atoms with E-state index >= 15 is 0 Å². The second-order valence-corrected chi connectivity index (χ2v) is 7.88. The molecule has 1 fully saturated rings. The lowest BCUT2D eigenvalue weighted by Gasteiger charge is -2.33. The zero-order chi connectivity index (χ0) is 15.5. The van der Waals surface area contributed by atoms with Crippen LogP contribution in [0.4, 0.5) is 5.82 Å². The third kappa shape index (κ3) is 4.41. The van der Waals surface area contributed by atoms with Crippen LogP contribution in [-0.4, -0.2) is 50.6 Å². The standard InChI is InChI=1S/C15H25N3O2S/c1-17(2)15-9-6-7-13(16-15)10-11-14-8-4-5-12-18(14)21(3,19)20/h6-7,9,14H,4-5,8,10-12H2,1-3H3/t14-/m0/s1. The van der Waals surface area contributed by atoms with Crippen molar-refractivity contribution in [3.05, 3.63) is 23.9 Å². The Bertz CT molecular complexity index is 572. The van der Waals surface area contributed by atoms with Crippen molar-refractivity contribution in [2.75, 3.05) is 31.8 Å². The van der Waals surface area contributed by atoms with Gasteiger partial charge in [-0.1, -0.05) is 12.5 Å². The predicted molar refractivity (Wildman–Crippen MR) is 86.1 cm³/mol. The zero-order valence-electron chi connectivity index (χ0n) is 13.1. The third-order valence-corrected chi connectivity index (χ3v) is 5.32. The highest BCUT2D eigenvalue weighted by Gasteiger charge is 2.28. The Kier molecular flexibility index (Phi) is 5.22. The van der Waals surface area contributed by atoms with Gasteiger partial charge in [0.05, 0.1) is 6.26 Å². The molecule has 5 nitrogen and oxygen atoms in total. The fourth-order valence-electron chi connectivity index (χ4n) is 2.87. The summed E-state index contributed by atoms with van der Waals surface area (Å²) < 4.78 is 25.4. The monoisotopic (exact) mass is 311 g/mol. The molecule has 1 atom stereocenters. The number of aromatic nitrogens is 1. The molecule has 21 heavy (non-hydrogen) atoms. The zero-order valence-corrected chi connectivity index (χ0v) is 13.9. The van der Waals surface area contributed by atoms with E-state index in [-0.39, 0.29) is 6.04 Å². The number of sulfonamides is 1. The van der Waals surface area contributed by atoms with E-state index in [1.54, 1.807) is 4.31 Å². The number of piperidine rings is 1. The Balaban J connectivity index is 2.02. The Labute approximate surface area is 128 Å². The highest BCUT2D eigenvalue weighted by molar-refractivity contribution is 7.88. The maximum atomic E-state index is 11.9. The van der Waals surface area contributed by atoms with Crippen molar-refractivity contribution < 1.29 is 8.42 Å². The minimum atomic E-state index is -3.10. The first kappa shape index (κ1) is 16.2. The Morgan fingerprint density at radius 1 is 1.33 bits per heavy atom. The van der Waals surface area contributed by atoms with E-state index in [9.17, 15) is 8.42 Å². The van der Waals surface area contributed by atoms with Gasteiger partial charge in [-0.2, -0.15) is 4.31 Å². The van der Waals surface area contributed by atoms with Gasteiger partial charge < -0.3 is 4.90 Å². The van der Waals surface area contributed by atoms with Crippen LogP contribution in [0.5, 0.6) is 0 Å². The second kappa shape index (κ2) is 6.75. The average molecular weight is 311 g/mol. The molecule has 1 aliphatic heterocycles. The molecule has 0 N–H and O–H groups in total. The molecule has 0 amide bonds. The molecule has 6 heteroatoms. The first-order chi connectivity index (χ1) is 9.88. The molecule has 1 aromatic rings. The van der Waals surface area contributed by atoms with Crippen molar-refractivity contribution >= 4 is 15.8 Å². The SMILES string of the molecule is CN(C)c1cccc(CC[C@@H]2CCCCN2S(C)(=O)=O)n1. The van der Waals surface area contributed by atoms with Crippen molar-refractivity contribution in [1.29, 1.82) is 0 Å². The maximum Gasteiger partial charge on any atom is 0.211 e. The molecular weight excluding hydrogens is 286 g/mol. The minimum Gasteiger partial charge on any atom is -0.363 e. The fraction of sp³-hybridized carbons (Fsp3) is 0.667. The Morgan fingerprint density at radius 2 is 2.10 bits per heavy atom. The molecule has 1 aromatic heterocycles. The summed E-state index contributed by atoms with van der Waals surface area (Å²) >= 11 is 0. The number of nitrogens with zero attached hydrogens (tertiary/aromatic N) is 3. The van der Waals surface area contributed by atoms with Gasteiger partial charge in [0, 0.05) is 32.4 Å². The molecular formula is C15H25N3O2S. The normalized spacial score (nSPS) is 20.4. The molecule has 2 heterocycles. The van der Waals surface area contributed by atoms with E-state index in [1.165, 1.54) is 6.26 Å². The predicted octanol–water partition coefficient (Wildman–Crippen LogP) is 1.89. The smallest absolute Gasteiger partial charge is 0.211 e. The van der Waals surface area contributed by atoms with Gasteiger partial charge in [-0.3, -0.25) is 0 Å². The molecule has 1 saturated heterocycles. The molecule has 0 aliphatic carbocycles. The molecule has 0 bridgehead atoms. The summed E-state index contributed by atoms with van der Waals surface area (Å²) in [6, 6.07) is 6.12. The summed E-state index contributed by atoms with van der Waals surface area (Å²) in [5.41, 5.74) is 1.03. The lowest BCUT2D eigenvalue weighted by molar-refractivity contribution is 0.242. The lowest BCUT2D eigenvalue weighted by atomic mass is 9.99. The van der Waals surface area contributed by atoms with Crippen LogP contribution in [0.3, 0.4) is 0 Å². The van der Waals surface area contributed by atoms with Crippen molar-refractivity contribution in [3.63, 3.8) is 0 Å². The molecule has 0 aromatic carbocycles. The molecule has 0 spiro atoms. The molecule has 0 unspecified atom stereocenters. The first-order valence-corrected chi connectivity index (χ1v) is 9.33. The van der Waals surface area contributed by atoms with Gasteiger partial charge in [0.1, 0.15) is 5.82 Å². The van der Waals surface area contributed by atoms with Crippen LogP contribution in [0.15, 0.2) is 18.2 Å². The van der Waals surface area contributed by atoms with Gasteiger partial charge in [0.2, 0.25) is 10.0 Å². The van der Waals surface area contributed by atoms with E-state index in [2.05, 4.69) is 4.98 Å². The van der Waals surface area contributed by atoms with Crippen molar-refractivity contribution in [3.8, 4) is 0 Å². The fourth-order valence-corrected chi connectivity index (χ4v) is 4.08. The molecule has 2 rings (SSSR count). The number of pyridine rings is 1. The largest absolute Gasteiger partial charge is 0.363 e. The van der Waals surface area contributed by atoms with Gasteiger partial charge in [-0.15, -0.1) is 0 Å². The first-order valence-electron chi connectivity index (χ1n) is 7.48. The van der Waals surface area contributed by atoms with Crippen LogP contribution < -0.4 is 4.90 Å². The van der Waals surface area contributed by atoms with Crippen LogP contribution in [-0.2, 0) is 16.4 Å². The van der Waals surface area contributed by atoms with Gasteiger partial charge in [0.25, 0.3) is 0 Å². The molecule has 1 aliphatic rings. The summed E-state index contributed by atoms with van der Waals surface area (Å²) in [5.74, 6) is 0.941. The van der Waals surface area contributed by atoms with E-state index in [1.807, 2.05) is 37.2 Å². The van der Waals surface area contributed by atoms with E-state index in [0.717, 1.165) is 43.6 Å². The van der Waals surface area contributed by atoms with E-state index in [0.29, 0.717) is 6.54 Å². The third-order valence-electron chi connectivity index (χ3n) is 3.98. The van der Waals surface area contributed by atoms with Gasteiger partial charge in [0.15, 0.2) is 0 Å². The quantitative estimate of drug-likeness (QED) is 0.833. The summed E-state index contributed by atoms with van der Waals surface area (Å²) in [7, 11) is 0.845. The number of rotatable bonds is 5. The highest BCUT2D eigenvalue weighted by atomic mass is 32.2. The molecule has 118 valence electrons. The lowest BCUT2D eigenvalue weighted by Crippen LogP contribution is -2.43. The van der Waals surface area contributed by atoms with E-state index < -0.39 is 10.0 Å². The van der Waals surface area contributed by atoms with Gasteiger partial charge in [-0.05, 0) is 37.8 Å². The summed E-state index contributed by atoms with van der Waals surface area (Å²) in [6.07, 6.45) is 6.02. The average Bonchev–Trinajstić information content (AvgIpc) is 2.45. The van der Waals surface area contributed by atoms with Crippen LogP contribution >= 0.6 is 0 Å².